The Morgan fingerprint density at radius 3 is 2.80 bits per heavy atom. The second-order valence-electron chi connectivity index (χ2n) is 2.86. The summed E-state index contributed by atoms with van der Waals surface area (Å²) in [5, 5.41) is 3.66. The molecule has 0 atom stereocenters. The van der Waals surface area contributed by atoms with Crippen molar-refractivity contribution in [2.45, 2.75) is 6.54 Å². The lowest BCUT2D eigenvalue weighted by molar-refractivity contribution is 1.01. The first-order valence-corrected chi connectivity index (χ1v) is 5.46. The Labute approximate surface area is 104 Å². The van der Waals surface area contributed by atoms with E-state index in [-0.39, 0.29) is 12.4 Å². The fourth-order valence-corrected chi connectivity index (χ4v) is 2.17. The summed E-state index contributed by atoms with van der Waals surface area (Å²) in [6, 6.07) is 7.66. The predicted octanol–water partition coefficient (Wildman–Crippen LogP) is 3.34. The Morgan fingerprint density at radius 1 is 1.40 bits per heavy atom. The van der Waals surface area contributed by atoms with Gasteiger partial charge in [-0.3, -0.25) is 0 Å². The van der Waals surface area contributed by atoms with E-state index in [0.29, 0.717) is 6.54 Å². The average Bonchev–Trinajstić information content (AvgIpc) is 2.66. The van der Waals surface area contributed by atoms with E-state index >= 15 is 0 Å². The van der Waals surface area contributed by atoms with Crippen LogP contribution in [0.5, 0.6) is 0 Å². The van der Waals surface area contributed by atoms with Gasteiger partial charge in [-0.05, 0) is 12.1 Å². The maximum absolute atomic E-state index is 5.89. The molecule has 2 rings (SSSR count). The number of hydrogen-bond donors (Lipinski definition) is 1. The number of nitrogens with two attached hydrogens (primary N) is 1. The van der Waals surface area contributed by atoms with Gasteiger partial charge < -0.3 is 5.73 Å². The summed E-state index contributed by atoms with van der Waals surface area (Å²) >= 11 is 7.47. The molecule has 0 saturated carbocycles. The molecule has 1 aromatic heterocycles. The number of benzene rings is 1. The number of aromatic nitrogens is 1. The minimum Gasteiger partial charge on any atom is -0.325 e. The first-order valence-electron chi connectivity index (χ1n) is 4.20. The smallest absolute Gasteiger partial charge is 0.123 e. The molecule has 0 saturated heterocycles. The molecule has 0 unspecified atom stereocenters. The van der Waals surface area contributed by atoms with Crippen LogP contribution in [0.1, 0.15) is 5.69 Å². The zero-order valence-electron chi connectivity index (χ0n) is 7.81. The molecule has 0 bridgehead atoms. The topological polar surface area (TPSA) is 38.9 Å². The average molecular weight is 261 g/mol. The SMILES string of the molecule is Cl.NCc1csc(-c2cccc(Cl)c2)n1. The first-order chi connectivity index (χ1) is 6.79. The monoisotopic (exact) mass is 260 g/mol. The van der Waals surface area contributed by atoms with Crippen LogP contribution >= 0.6 is 35.3 Å². The van der Waals surface area contributed by atoms with Crippen molar-refractivity contribution in [2.75, 3.05) is 0 Å². The largest absolute Gasteiger partial charge is 0.325 e. The number of hydrogen-bond acceptors (Lipinski definition) is 3. The van der Waals surface area contributed by atoms with Crippen molar-refractivity contribution in [2.24, 2.45) is 5.73 Å². The molecule has 0 aliphatic heterocycles. The molecule has 15 heavy (non-hydrogen) atoms. The highest BCUT2D eigenvalue weighted by Gasteiger charge is 2.03. The lowest BCUT2D eigenvalue weighted by atomic mass is 10.2. The van der Waals surface area contributed by atoms with E-state index in [9.17, 15) is 0 Å². The molecule has 2 aromatic rings. The first kappa shape index (κ1) is 12.5. The van der Waals surface area contributed by atoms with Crippen LogP contribution in [-0.2, 0) is 6.54 Å². The van der Waals surface area contributed by atoms with Crippen LogP contribution in [0.25, 0.3) is 10.6 Å². The van der Waals surface area contributed by atoms with E-state index in [1.165, 1.54) is 0 Å². The van der Waals surface area contributed by atoms with Gasteiger partial charge in [0.15, 0.2) is 0 Å². The lowest BCUT2D eigenvalue weighted by Crippen LogP contribution is -1.95. The Hall–Kier alpha value is -0.610. The van der Waals surface area contributed by atoms with Crippen molar-refractivity contribution in [3.8, 4) is 10.6 Å². The Kier molecular flexibility index (Phi) is 4.54. The molecular formula is C10H10Cl2N2S. The Balaban J connectivity index is 0.00000112. The molecule has 0 aliphatic rings. The third-order valence-corrected chi connectivity index (χ3v) is 3.01. The van der Waals surface area contributed by atoms with Crippen LogP contribution in [0, 0.1) is 0 Å². The van der Waals surface area contributed by atoms with Crippen molar-refractivity contribution >= 4 is 35.3 Å². The summed E-state index contributed by atoms with van der Waals surface area (Å²) in [4.78, 5) is 4.37. The van der Waals surface area contributed by atoms with Gasteiger partial charge in [0.05, 0.1) is 5.69 Å². The zero-order chi connectivity index (χ0) is 9.97. The predicted molar refractivity (Wildman–Crippen MR) is 67.7 cm³/mol. The van der Waals surface area contributed by atoms with Gasteiger partial charge in [-0.2, -0.15) is 0 Å². The maximum Gasteiger partial charge on any atom is 0.123 e. The number of thiazole rings is 1. The molecule has 2 nitrogen and oxygen atoms in total. The summed E-state index contributed by atoms with van der Waals surface area (Å²) in [5.41, 5.74) is 7.45. The lowest BCUT2D eigenvalue weighted by Gasteiger charge is -1.95. The third-order valence-electron chi connectivity index (χ3n) is 1.83. The highest BCUT2D eigenvalue weighted by Crippen LogP contribution is 2.25. The van der Waals surface area contributed by atoms with Crippen LogP contribution in [0.3, 0.4) is 0 Å². The standard InChI is InChI=1S/C10H9ClN2S.ClH/c11-8-3-1-2-7(4-8)10-13-9(5-12)6-14-10;/h1-4,6H,5,12H2;1H. The van der Waals surface area contributed by atoms with Crippen molar-refractivity contribution in [3.63, 3.8) is 0 Å². The molecule has 5 heteroatoms. The van der Waals surface area contributed by atoms with Crippen LogP contribution in [-0.4, -0.2) is 4.98 Å². The van der Waals surface area contributed by atoms with Crippen LogP contribution in [0.2, 0.25) is 5.02 Å². The van der Waals surface area contributed by atoms with Gasteiger partial charge in [0.2, 0.25) is 0 Å². The quantitative estimate of drug-likeness (QED) is 0.900. The molecule has 0 spiro atoms. The van der Waals surface area contributed by atoms with E-state index in [1.807, 2.05) is 29.6 Å². The summed E-state index contributed by atoms with van der Waals surface area (Å²) < 4.78 is 0. The van der Waals surface area contributed by atoms with E-state index < -0.39 is 0 Å². The van der Waals surface area contributed by atoms with Gasteiger partial charge in [0, 0.05) is 22.5 Å². The normalized spacial score (nSPS) is 9.73. The summed E-state index contributed by atoms with van der Waals surface area (Å²) in [7, 11) is 0. The van der Waals surface area contributed by atoms with Crippen molar-refractivity contribution < 1.29 is 0 Å². The maximum atomic E-state index is 5.89. The van der Waals surface area contributed by atoms with E-state index in [4.69, 9.17) is 17.3 Å². The molecular weight excluding hydrogens is 251 g/mol. The van der Waals surface area contributed by atoms with Crippen molar-refractivity contribution in [1.82, 2.24) is 4.98 Å². The Morgan fingerprint density at radius 2 is 2.20 bits per heavy atom. The minimum absolute atomic E-state index is 0. The molecule has 0 amide bonds. The second kappa shape index (κ2) is 5.47. The van der Waals surface area contributed by atoms with Gasteiger partial charge in [-0.15, -0.1) is 23.7 Å². The van der Waals surface area contributed by atoms with Crippen LogP contribution < -0.4 is 5.73 Å². The van der Waals surface area contributed by atoms with Crippen molar-refractivity contribution in [1.29, 1.82) is 0 Å². The van der Waals surface area contributed by atoms with E-state index in [0.717, 1.165) is 21.3 Å². The number of halogens is 2. The minimum atomic E-state index is 0. The fourth-order valence-electron chi connectivity index (χ4n) is 1.15. The molecule has 1 aromatic carbocycles. The number of nitrogens with zero attached hydrogens (tertiary/aromatic N) is 1. The third kappa shape index (κ3) is 2.92. The molecule has 80 valence electrons. The molecule has 0 aliphatic carbocycles. The van der Waals surface area contributed by atoms with Gasteiger partial charge in [0.25, 0.3) is 0 Å². The van der Waals surface area contributed by atoms with E-state index in [2.05, 4.69) is 4.98 Å². The molecule has 0 radical (unpaired) electrons. The van der Waals surface area contributed by atoms with E-state index in [1.54, 1.807) is 11.3 Å². The highest BCUT2D eigenvalue weighted by molar-refractivity contribution is 7.13. The molecule has 0 fully saturated rings. The fraction of sp³-hybridized carbons (Fsp3) is 0.100. The summed E-state index contributed by atoms with van der Waals surface area (Å²) in [6.07, 6.45) is 0. The second-order valence-corrected chi connectivity index (χ2v) is 4.15. The molecule has 1 heterocycles. The van der Waals surface area contributed by atoms with Gasteiger partial charge in [0.1, 0.15) is 5.01 Å². The summed E-state index contributed by atoms with van der Waals surface area (Å²) in [5.74, 6) is 0. The van der Waals surface area contributed by atoms with Crippen LogP contribution in [0.15, 0.2) is 29.6 Å². The van der Waals surface area contributed by atoms with Gasteiger partial charge in [-0.25, -0.2) is 4.98 Å². The zero-order valence-corrected chi connectivity index (χ0v) is 10.2. The van der Waals surface area contributed by atoms with Gasteiger partial charge in [-0.1, -0.05) is 23.7 Å². The highest BCUT2D eigenvalue weighted by atomic mass is 35.5. The van der Waals surface area contributed by atoms with Gasteiger partial charge >= 0.3 is 0 Å². The van der Waals surface area contributed by atoms with Crippen molar-refractivity contribution in [3.05, 3.63) is 40.4 Å². The molecule has 2 N–H and O–H groups in total. The van der Waals surface area contributed by atoms with Crippen LogP contribution in [0.4, 0.5) is 0 Å². The summed E-state index contributed by atoms with van der Waals surface area (Å²) in [6.45, 7) is 0.483. The number of rotatable bonds is 2. The Bertz CT molecular complexity index is 442.